The number of aromatic nitrogens is 1. The van der Waals surface area contributed by atoms with Crippen molar-refractivity contribution in [3.63, 3.8) is 0 Å². The number of ether oxygens (including phenoxy) is 1. The Morgan fingerprint density at radius 2 is 1.85 bits per heavy atom. The zero-order valence-electron chi connectivity index (χ0n) is 13.2. The van der Waals surface area contributed by atoms with E-state index in [1.807, 2.05) is 0 Å². The summed E-state index contributed by atoms with van der Waals surface area (Å²) < 4.78 is 67.4. The fourth-order valence-corrected chi connectivity index (χ4v) is 3.02. The van der Waals surface area contributed by atoms with Crippen molar-refractivity contribution in [3.8, 4) is 5.75 Å². The third-order valence-electron chi connectivity index (χ3n) is 4.16. The van der Waals surface area contributed by atoms with Crippen molar-refractivity contribution in [1.29, 1.82) is 0 Å². The number of pyridine rings is 1. The highest BCUT2D eigenvalue weighted by Gasteiger charge is 2.44. The number of nitrogens with zero attached hydrogens (tertiary/aromatic N) is 3. The molecule has 0 amide bonds. The molecular formula is C17H12F5N3O. The standard InChI is InChI=1S/C17H12F5N3O/c18-16(19)8-25(9-16)14-5-10(3-4-23-14)15-13-6-12(26-17(20,21)22)2-1-11(13)7-24-15/h1-6H,7-9H2. The molecule has 0 radical (unpaired) electrons. The van der Waals surface area contributed by atoms with Gasteiger partial charge in [0, 0.05) is 17.3 Å². The van der Waals surface area contributed by atoms with Crippen LogP contribution in [0.3, 0.4) is 0 Å². The molecule has 2 aromatic rings. The Labute approximate surface area is 144 Å². The van der Waals surface area contributed by atoms with Crippen molar-refractivity contribution in [3.05, 3.63) is 53.2 Å². The lowest BCUT2D eigenvalue weighted by atomic mass is 10.00. The van der Waals surface area contributed by atoms with Gasteiger partial charge >= 0.3 is 6.36 Å². The maximum atomic E-state index is 13.1. The molecule has 9 heteroatoms. The molecule has 2 aliphatic rings. The first-order chi connectivity index (χ1) is 12.2. The number of benzene rings is 1. The molecule has 3 heterocycles. The minimum absolute atomic E-state index is 0.330. The molecule has 0 atom stereocenters. The molecular weight excluding hydrogens is 357 g/mol. The highest BCUT2D eigenvalue weighted by molar-refractivity contribution is 6.15. The first kappa shape index (κ1) is 16.7. The summed E-state index contributed by atoms with van der Waals surface area (Å²) in [5, 5.41) is 0. The Morgan fingerprint density at radius 1 is 1.08 bits per heavy atom. The molecule has 1 saturated heterocycles. The van der Waals surface area contributed by atoms with Crippen LogP contribution in [0.25, 0.3) is 0 Å². The van der Waals surface area contributed by atoms with Crippen molar-refractivity contribution in [2.75, 3.05) is 18.0 Å². The van der Waals surface area contributed by atoms with Crippen LogP contribution in [0, 0.1) is 0 Å². The topological polar surface area (TPSA) is 37.7 Å². The summed E-state index contributed by atoms with van der Waals surface area (Å²) in [5.41, 5.74) is 2.39. The van der Waals surface area contributed by atoms with Gasteiger partial charge in [-0.25, -0.2) is 13.8 Å². The number of hydrogen-bond acceptors (Lipinski definition) is 4. The number of anilines is 1. The third kappa shape index (κ3) is 3.21. The average molecular weight is 369 g/mol. The largest absolute Gasteiger partial charge is 0.573 e. The summed E-state index contributed by atoms with van der Waals surface area (Å²) in [7, 11) is 0. The Hall–Kier alpha value is -2.71. The van der Waals surface area contributed by atoms with Crippen molar-refractivity contribution in [1.82, 2.24) is 4.98 Å². The molecule has 0 N–H and O–H groups in total. The molecule has 2 aliphatic heterocycles. The number of hydrogen-bond donors (Lipinski definition) is 0. The van der Waals surface area contributed by atoms with Crippen LogP contribution in [-0.2, 0) is 6.54 Å². The molecule has 0 saturated carbocycles. The Morgan fingerprint density at radius 3 is 2.54 bits per heavy atom. The van der Waals surface area contributed by atoms with Crippen molar-refractivity contribution >= 4 is 11.5 Å². The monoisotopic (exact) mass is 369 g/mol. The van der Waals surface area contributed by atoms with Crippen molar-refractivity contribution < 1.29 is 26.7 Å². The van der Waals surface area contributed by atoms with E-state index in [0.29, 0.717) is 29.2 Å². The molecule has 0 spiro atoms. The number of aliphatic imine (C=N–C) groups is 1. The fraction of sp³-hybridized carbons (Fsp3) is 0.294. The zero-order chi connectivity index (χ0) is 18.5. The number of halogens is 5. The van der Waals surface area contributed by atoms with Crippen molar-refractivity contribution in [2.24, 2.45) is 4.99 Å². The highest BCUT2D eigenvalue weighted by Crippen LogP contribution is 2.33. The molecule has 136 valence electrons. The van der Waals surface area contributed by atoms with E-state index in [0.717, 1.165) is 5.56 Å². The van der Waals surface area contributed by atoms with Gasteiger partial charge in [-0.1, -0.05) is 6.07 Å². The van der Waals surface area contributed by atoms with Crippen LogP contribution in [-0.4, -0.2) is 36.1 Å². The number of fused-ring (bicyclic) bond motifs is 1. The average Bonchev–Trinajstić information content (AvgIpc) is 2.94. The first-order valence-electron chi connectivity index (χ1n) is 7.73. The Kier molecular flexibility index (Phi) is 3.64. The lowest BCUT2D eigenvalue weighted by molar-refractivity contribution is -0.274. The van der Waals surface area contributed by atoms with Crippen molar-refractivity contribution in [2.45, 2.75) is 18.8 Å². The second-order valence-electron chi connectivity index (χ2n) is 6.15. The molecule has 26 heavy (non-hydrogen) atoms. The maximum absolute atomic E-state index is 13.1. The van der Waals surface area contributed by atoms with Gasteiger partial charge in [0.2, 0.25) is 0 Å². The lowest BCUT2D eigenvalue weighted by Crippen LogP contribution is -2.56. The predicted octanol–water partition coefficient (Wildman–Crippen LogP) is 3.79. The van der Waals surface area contributed by atoms with Crippen LogP contribution in [0.1, 0.15) is 16.7 Å². The van der Waals surface area contributed by atoms with Gasteiger partial charge in [0.05, 0.1) is 25.3 Å². The van der Waals surface area contributed by atoms with Gasteiger partial charge in [-0.05, 0) is 29.8 Å². The van der Waals surface area contributed by atoms with Gasteiger partial charge in [-0.3, -0.25) is 4.99 Å². The van der Waals surface area contributed by atoms with E-state index < -0.39 is 25.4 Å². The molecule has 0 aliphatic carbocycles. The molecule has 4 nitrogen and oxygen atoms in total. The van der Waals surface area contributed by atoms with Crippen LogP contribution in [0.5, 0.6) is 5.75 Å². The van der Waals surface area contributed by atoms with E-state index in [-0.39, 0.29) is 5.75 Å². The van der Waals surface area contributed by atoms with Crippen LogP contribution in [0.2, 0.25) is 0 Å². The van der Waals surface area contributed by atoms with E-state index in [2.05, 4.69) is 14.7 Å². The second kappa shape index (κ2) is 5.65. The van der Waals surface area contributed by atoms with Gasteiger partial charge in [0.15, 0.2) is 0 Å². The van der Waals surface area contributed by atoms with Crippen LogP contribution >= 0.6 is 0 Å². The normalized spacial score (nSPS) is 18.2. The van der Waals surface area contributed by atoms with E-state index in [9.17, 15) is 22.0 Å². The number of alkyl halides is 5. The van der Waals surface area contributed by atoms with E-state index in [1.54, 1.807) is 12.1 Å². The van der Waals surface area contributed by atoms with Crippen LogP contribution < -0.4 is 9.64 Å². The zero-order valence-corrected chi connectivity index (χ0v) is 13.2. The summed E-state index contributed by atoms with van der Waals surface area (Å²) in [5.74, 6) is -2.67. The van der Waals surface area contributed by atoms with E-state index >= 15 is 0 Å². The summed E-state index contributed by atoms with van der Waals surface area (Å²) in [4.78, 5) is 9.89. The quantitative estimate of drug-likeness (QED) is 0.773. The minimum atomic E-state index is -4.78. The van der Waals surface area contributed by atoms with Gasteiger partial charge in [-0.15, -0.1) is 13.2 Å². The fourth-order valence-electron chi connectivity index (χ4n) is 3.02. The lowest BCUT2D eigenvalue weighted by Gasteiger charge is -2.39. The van der Waals surface area contributed by atoms with E-state index in [4.69, 9.17) is 0 Å². The third-order valence-corrected chi connectivity index (χ3v) is 4.16. The molecule has 1 fully saturated rings. The molecule has 0 unspecified atom stereocenters. The maximum Gasteiger partial charge on any atom is 0.573 e. The second-order valence-corrected chi connectivity index (χ2v) is 6.15. The Bertz CT molecular complexity index is 886. The summed E-state index contributed by atoms with van der Waals surface area (Å²) in [6.07, 6.45) is -3.31. The molecule has 4 rings (SSSR count). The minimum Gasteiger partial charge on any atom is -0.406 e. The predicted molar refractivity (Wildman–Crippen MR) is 83.9 cm³/mol. The first-order valence-corrected chi connectivity index (χ1v) is 7.73. The molecule has 0 bridgehead atoms. The SMILES string of the molecule is FC1(F)CN(c2cc(C3=NCc4ccc(OC(F)(F)F)cc43)ccn2)C1. The van der Waals surface area contributed by atoms with Crippen LogP contribution in [0.4, 0.5) is 27.8 Å². The van der Waals surface area contributed by atoms with Gasteiger partial charge in [-0.2, -0.15) is 0 Å². The molecule has 1 aromatic heterocycles. The summed E-state index contributed by atoms with van der Waals surface area (Å²) in [6.45, 7) is -0.484. The summed E-state index contributed by atoms with van der Waals surface area (Å²) >= 11 is 0. The molecule has 1 aromatic carbocycles. The van der Waals surface area contributed by atoms with Gasteiger partial charge in [0.1, 0.15) is 11.6 Å². The Balaban J connectivity index is 1.62. The van der Waals surface area contributed by atoms with E-state index in [1.165, 1.54) is 29.3 Å². The van der Waals surface area contributed by atoms with Crippen LogP contribution in [0.15, 0.2) is 41.5 Å². The highest BCUT2D eigenvalue weighted by atomic mass is 19.4. The smallest absolute Gasteiger partial charge is 0.406 e. The van der Waals surface area contributed by atoms with Gasteiger partial charge in [0.25, 0.3) is 5.92 Å². The number of rotatable bonds is 3. The van der Waals surface area contributed by atoms with Gasteiger partial charge < -0.3 is 9.64 Å². The summed E-state index contributed by atoms with van der Waals surface area (Å²) in [6, 6.07) is 7.32.